The second-order valence-corrected chi connectivity index (χ2v) is 11.7. The summed E-state index contributed by atoms with van der Waals surface area (Å²) >= 11 is 0. The summed E-state index contributed by atoms with van der Waals surface area (Å²) in [4.78, 5) is 49.4. The summed E-state index contributed by atoms with van der Waals surface area (Å²) in [5.41, 5.74) is -0.595. The SMILES string of the molecule is CCCCCC(=O)N[C@H](CCC(=O)NCCOCCOC)C(=O)NCC(C)(C)COCC(C)(C)CNC(=O)CC. The molecule has 0 unspecified atom stereocenters. The van der Waals surface area contributed by atoms with Gasteiger partial charge in [0.05, 0.1) is 33.0 Å². The van der Waals surface area contributed by atoms with Gasteiger partial charge in [0.25, 0.3) is 0 Å². The maximum Gasteiger partial charge on any atom is 0.242 e. The maximum absolute atomic E-state index is 13.1. The molecule has 0 bridgehead atoms. The van der Waals surface area contributed by atoms with Crippen molar-refractivity contribution in [2.75, 3.05) is 59.8 Å². The Bertz CT molecular complexity index is 744. The molecule has 0 heterocycles. The second-order valence-electron chi connectivity index (χ2n) is 11.7. The van der Waals surface area contributed by atoms with Crippen molar-refractivity contribution < 1.29 is 33.4 Å². The summed E-state index contributed by atoms with van der Waals surface area (Å²) in [6, 6.07) is -0.810. The van der Waals surface area contributed by atoms with E-state index in [1.54, 1.807) is 7.11 Å². The quantitative estimate of drug-likeness (QED) is 0.130. The van der Waals surface area contributed by atoms with Gasteiger partial charge in [-0.3, -0.25) is 19.2 Å². The number of hydrogen-bond acceptors (Lipinski definition) is 7. The van der Waals surface area contributed by atoms with Crippen LogP contribution in [0.4, 0.5) is 0 Å². The summed E-state index contributed by atoms with van der Waals surface area (Å²) in [6.45, 7) is 15.3. The fourth-order valence-electron chi connectivity index (χ4n) is 3.56. The number of nitrogens with one attached hydrogen (secondary N) is 4. The molecule has 4 N–H and O–H groups in total. The van der Waals surface area contributed by atoms with E-state index in [9.17, 15) is 19.2 Å². The Labute approximate surface area is 241 Å². The predicted octanol–water partition coefficient (Wildman–Crippen LogP) is 2.32. The topological polar surface area (TPSA) is 144 Å². The lowest BCUT2D eigenvalue weighted by molar-refractivity contribution is -0.130. The van der Waals surface area contributed by atoms with Crippen molar-refractivity contribution in [1.82, 2.24) is 21.3 Å². The van der Waals surface area contributed by atoms with E-state index in [2.05, 4.69) is 28.2 Å². The van der Waals surface area contributed by atoms with Gasteiger partial charge in [0, 0.05) is 56.8 Å². The smallest absolute Gasteiger partial charge is 0.242 e. The molecule has 11 nitrogen and oxygen atoms in total. The van der Waals surface area contributed by atoms with Crippen LogP contribution in [0.1, 0.15) is 86.5 Å². The molecule has 0 fully saturated rings. The molecule has 11 heteroatoms. The standard InChI is InChI=1S/C29H56N4O7/c1-8-10-11-12-26(36)33-23(13-14-25(35)30-15-16-39-18-17-38-7)27(37)32-20-29(5,6)22-40-21-28(3,4)19-31-24(34)9-2/h23H,8-22H2,1-7H3,(H,30,35)(H,31,34)(H,32,37)(H,33,36)/t23-/m1/s1. The van der Waals surface area contributed by atoms with Gasteiger partial charge in [-0.1, -0.05) is 54.4 Å². The summed E-state index contributed by atoms with van der Waals surface area (Å²) < 4.78 is 16.2. The summed E-state index contributed by atoms with van der Waals surface area (Å²) in [5.74, 6) is -0.719. The Morgan fingerprint density at radius 1 is 0.725 bits per heavy atom. The Balaban J connectivity index is 4.80. The van der Waals surface area contributed by atoms with Crippen LogP contribution in [0.3, 0.4) is 0 Å². The molecular formula is C29H56N4O7. The van der Waals surface area contributed by atoms with E-state index in [4.69, 9.17) is 14.2 Å². The number of hydrogen-bond donors (Lipinski definition) is 4. The molecule has 4 amide bonds. The third-order valence-corrected chi connectivity index (χ3v) is 6.13. The van der Waals surface area contributed by atoms with E-state index in [0.29, 0.717) is 65.5 Å². The average Bonchev–Trinajstić information content (AvgIpc) is 2.90. The van der Waals surface area contributed by atoms with Crippen molar-refractivity contribution in [3.8, 4) is 0 Å². The maximum atomic E-state index is 13.1. The van der Waals surface area contributed by atoms with Crippen molar-refractivity contribution in [2.45, 2.75) is 92.5 Å². The molecule has 0 saturated carbocycles. The molecule has 0 rings (SSSR count). The predicted molar refractivity (Wildman–Crippen MR) is 156 cm³/mol. The van der Waals surface area contributed by atoms with E-state index >= 15 is 0 Å². The largest absolute Gasteiger partial charge is 0.382 e. The molecule has 40 heavy (non-hydrogen) atoms. The zero-order valence-corrected chi connectivity index (χ0v) is 26.0. The molecule has 0 aromatic rings. The van der Waals surface area contributed by atoms with Crippen molar-refractivity contribution in [2.24, 2.45) is 10.8 Å². The number of carbonyl (C=O) groups excluding carboxylic acids is 4. The van der Waals surface area contributed by atoms with Gasteiger partial charge >= 0.3 is 0 Å². The van der Waals surface area contributed by atoms with Crippen LogP contribution in [0.2, 0.25) is 0 Å². The first-order chi connectivity index (χ1) is 18.9. The van der Waals surface area contributed by atoms with Crippen molar-refractivity contribution in [3.63, 3.8) is 0 Å². The molecule has 0 radical (unpaired) electrons. The van der Waals surface area contributed by atoms with E-state index < -0.39 is 6.04 Å². The first kappa shape index (κ1) is 37.8. The van der Waals surface area contributed by atoms with Crippen LogP contribution in [-0.4, -0.2) is 89.4 Å². The molecule has 0 aromatic heterocycles. The van der Waals surface area contributed by atoms with Gasteiger partial charge in [0.2, 0.25) is 23.6 Å². The highest BCUT2D eigenvalue weighted by atomic mass is 16.5. The minimum absolute atomic E-state index is 0.00701. The Kier molecular flexibility index (Phi) is 20.3. The van der Waals surface area contributed by atoms with Crippen LogP contribution in [-0.2, 0) is 33.4 Å². The molecular weight excluding hydrogens is 516 g/mol. The monoisotopic (exact) mass is 572 g/mol. The van der Waals surface area contributed by atoms with Gasteiger partial charge in [-0.2, -0.15) is 0 Å². The average molecular weight is 573 g/mol. The molecule has 0 aromatic carbocycles. The van der Waals surface area contributed by atoms with E-state index in [0.717, 1.165) is 19.3 Å². The minimum atomic E-state index is -0.810. The number of rotatable bonds is 24. The number of carbonyl (C=O) groups is 4. The Hall–Kier alpha value is -2.24. The van der Waals surface area contributed by atoms with Gasteiger partial charge in [-0.25, -0.2) is 0 Å². The molecule has 0 aliphatic heterocycles. The van der Waals surface area contributed by atoms with E-state index in [-0.39, 0.29) is 47.3 Å². The number of unbranched alkanes of at least 4 members (excludes halogenated alkanes) is 2. The molecule has 1 atom stereocenters. The van der Waals surface area contributed by atoms with Gasteiger partial charge < -0.3 is 35.5 Å². The third-order valence-electron chi connectivity index (χ3n) is 6.13. The molecule has 0 spiro atoms. The van der Waals surface area contributed by atoms with Crippen LogP contribution >= 0.6 is 0 Å². The van der Waals surface area contributed by atoms with E-state index in [1.165, 1.54) is 0 Å². The van der Waals surface area contributed by atoms with Crippen LogP contribution in [0.15, 0.2) is 0 Å². The summed E-state index contributed by atoms with van der Waals surface area (Å²) in [5, 5.41) is 11.4. The number of amides is 4. The van der Waals surface area contributed by atoms with Crippen LogP contribution < -0.4 is 21.3 Å². The van der Waals surface area contributed by atoms with Gasteiger partial charge in [-0.05, 0) is 12.8 Å². The fraction of sp³-hybridized carbons (Fsp3) is 0.862. The van der Waals surface area contributed by atoms with Crippen molar-refractivity contribution in [3.05, 3.63) is 0 Å². The van der Waals surface area contributed by atoms with Gasteiger partial charge in [-0.15, -0.1) is 0 Å². The van der Waals surface area contributed by atoms with E-state index in [1.807, 2.05) is 34.6 Å². The van der Waals surface area contributed by atoms with Crippen LogP contribution in [0, 0.1) is 10.8 Å². The van der Waals surface area contributed by atoms with Crippen molar-refractivity contribution in [1.29, 1.82) is 0 Å². The highest BCUT2D eigenvalue weighted by Crippen LogP contribution is 2.19. The summed E-state index contributed by atoms with van der Waals surface area (Å²) in [7, 11) is 1.59. The fourth-order valence-corrected chi connectivity index (χ4v) is 3.56. The lowest BCUT2D eigenvalue weighted by atomic mass is 9.92. The molecule has 0 saturated heterocycles. The van der Waals surface area contributed by atoms with Gasteiger partial charge in [0.1, 0.15) is 6.04 Å². The number of methoxy groups -OCH3 is 1. The summed E-state index contributed by atoms with van der Waals surface area (Å²) in [6.07, 6.45) is 3.76. The van der Waals surface area contributed by atoms with Crippen molar-refractivity contribution >= 4 is 23.6 Å². The molecule has 0 aliphatic carbocycles. The molecule has 234 valence electrons. The Morgan fingerprint density at radius 3 is 1.98 bits per heavy atom. The van der Waals surface area contributed by atoms with Crippen LogP contribution in [0.25, 0.3) is 0 Å². The molecule has 0 aliphatic rings. The Morgan fingerprint density at radius 2 is 1.38 bits per heavy atom. The second kappa shape index (κ2) is 21.5. The van der Waals surface area contributed by atoms with Gasteiger partial charge in [0.15, 0.2) is 0 Å². The lowest BCUT2D eigenvalue weighted by Crippen LogP contribution is -2.49. The first-order valence-corrected chi connectivity index (χ1v) is 14.6. The third kappa shape index (κ3) is 20.6. The zero-order valence-electron chi connectivity index (χ0n) is 26.0. The zero-order chi connectivity index (χ0) is 30.4. The van der Waals surface area contributed by atoms with Crippen LogP contribution in [0.5, 0.6) is 0 Å². The normalized spacial score (nSPS) is 12.5. The first-order valence-electron chi connectivity index (χ1n) is 14.6. The highest BCUT2D eigenvalue weighted by Gasteiger charge is 2.26. The lowest BCUT2D eigenvalue weighted by Gasteiger charge is -2.30. The minimum Gasteiger partial charge on any atom is -0.382 e. The number of ether oxygens (including phenoxy) is 3. The highest BCUT2D eigenvalue weighted by molar-refractivity contribution is 5.88.